The Hall–Kier alpha value is -2.27. The predicted molar refractivity (Wildman–Crippen MR) is 122 cm³/mol. The molecule has 0 saturated carbocycles. The highest BCUT2D eigenvalue weighted by molar-refractivity contribution is 7.98. The molecule has 0 unspecified atom stereocenters. The number of aryl methyl sites for hydroxylation is 2. The largest absolute Gasteiger partial charge is 0.496 e. The fourth-order valence-electron chi connectivity index (χ4n) is 3.50. The molecule has 3 rings (SSSR count). The van der Waals surface area contributed by atoms with E-state index >= 15 is 0 Å². The van der Waals surface area contributed by atoms with Crippen LogP contribution in [0.15, 0.2) is 41.6 Å². The molecule has 0 aliphatic heterocycles. The van der Waals surface area contributed by atoms with E-state index < -0.39 is 0 Å². The van der Waals surface area contributed by atoms with Gasteiger partial charge in [0.25, 0.3) is 0 Å². The third-order valence-electron chi connectivity index (χ3n) is 5.29. The summed E-state index contributed by atoms with van der Waals surface area (Å²) in [7, 11) is 1.69. The number of ether oxygens (including phenoxy) is 1. The highest BCUT2D eigenvalue weighted by Gasteiger charge is 2.19. The van der Waals surface area contributed by atoms with Crippen LogP contribution >= 0.6 is 11.8 Å². The van der Waals surface area contributed by atoms with Crippen LogP contribution in [0.2, 0.25) is 0 Å². The van der Waals surface area contributed by atoms with Gasteiger partial charge in [-0.1, -0.05) is 56.8 Å². The second kappa shape index (κ2) is 8.62. The molecule has 5 heteroatoms. The molecule has 0 fully saturated rings. The van der Waals surface area contributed by atoms with Gasteiger partial charge < -0.3 is 9.30 Å². The van der Waals surface area contributed by atoms with E-state index in [4.69, 9.17) is 4.74 Å². The van der Waals surface area contributed by atoms with Crippen molar-refractivity contribution in [3.05, 3.63) is 58.7 Å². The number of benzene rings is 2. The Morgan fingerprint density at radius 2 is 1.69 bits per heavy atom. The zero-order valence-corrected chi connectivity index (χ0v) is 19.4. The molecule has 4 nitrogen and oxygen atoms in total. The van der Waals surface area contributed by atoms with Gasteiger partial charge in [-0.3, -0.25) is 0 Å². The number of hydrogen-bond acceptors (Lipinski definition) is 4. The number of thioether (sulfide) groups is 1. The van der Waals surface area contributed by atoms with Crippen molar-refractivity contribution in [3.8, 4) is 17.1 Å². The van der Waals surface area contributed by atoms with E-state index in [0.29, 0.717) is 0 Å². The first-order chi connectivity index (χ1) is 13.8. The summed E-state index contributed by atoms with van der Waals surface area (Å²) in [5.41, 5.74) is 6.58. The van der Waals surface area contributed by atoms with Gasteiger partial charge in [-0.25, -0.2) is 0 Å². The van der Waals surface area contributed by atoms with E-state index in [0.717, 1.165) is 34.6 Å². The molecule has 29 heavy (non-hydrogen) atoms. The van der Waals surface area contributed by atoms with Gasteiger partial charge in [0.1, 0.15) is 5.75 Å². The zero-order valence-electron chi connectivity index (χ0n) is 18.5. The molecular weight excluding hydrogens is 378 g/mol. The first-order valence-electron chi connectivity index (χ1n) is 10.1. The molecule has 0 aliphatic carbocycles. The van der Waals surface area contributed by atoms with Crippen molar-refractivity contribution in [1.29, 1.82) is 0 Å². The first-order valence-corrected chi connectivity index (χ1v) is 11.0. The number of rotatable bonds is 6. The maximum Gasteiger partial charge on any atom is 0.191 e. The minimum atomic E-state index is 0.160. The van der Waals surface area contributed by atoms with Crippen molar-refractivity contribution in [2.45, 2.75) is 64.4 Å². The third-order valence-corrected chi connectivity index (χ3v) is 6.28. The Morgan fingerprint density at radius 3 is 2.28 bits per heavy atom. The van der Waals surface area contributed by atoms with E-state index in [1.165, 1.54) is 22.3 Å². The van der Waals surface area contributed by atoms with Crippen LogP contribution in [0.5, 0.6) is 5.75 Å². The smallest absolute Gasteiger partial charge is 0.191 e. The lowest BCUT2D eigenvalue weighted by Gasteiger charge is -2.22. The molecule has 0 aliphatic rings. The molecule has 0 radical (unpaired) electrons. The molecule has 0 N–H and O–H groups in total. The number of hydrogen-bond donors (Lipinski definition) is 0. The Labute approximate surface area is 178 Å². The highest BCUT2D eigenvalue weighted by Crippen LogP contribution is 2.33. The molecule has 0 spiro atoms. The maximum atomic E-state index is 5.52. The fraction of sp³-hybridized carbons (Fsp3) is 0.417. The summed E-state index contributed by atoms with van der Waals surface area (Å²) in [5.74, 6) is 2.55. The Morgan fingerprint density at radius 1 is 1.03 bits per heavy atom. The summed E-state index contributed by atoms with van der Waals surface area (Å²) >= 11 is 1.74. The van der Waals surface area contributed by atoms with Gasteiger partial charge in [0.15, 0.2) is 11.0 Å². The third kappa shape index (κ3) is 4.50. The van der Waals surface area contributed by atoms with Gasteiger partial charge in [0, 0.05) is 12.3 Å². The summed E-state index contributed by atoms with van der Waals surface area (Å²) in [6.45, 7) is 14.1. The van der Waals surface area contributed by atoms with Crippen molar-refractivity contribution >= 4 is 11.8 Å². The van der Waals surface area contributed by atoms with Crippen LogP contribution in [-0.2, 0) is 17.7 Å². The van der Waals surface area contributed by atoms with Gasteiger partial charge >= 0.3 is 0 Å². The zero-order chi connectivity index (χ0) is 21.2. The van der Waals surface area contributed by atoms with Crippen molar-refractivity contribution in [2.24, 2.45) is 0 Å². The minimum absolute atomic E-state index is 0.160. The topological polar surface area (TPSA) is 39.9 Å². The van der Waals surface area contributed by atoms with Crippen LogP contribution in [0.3, 0.4) is 0 Å². The van der Waals surface area contributed by atoms with Crippen LogP contribution in [0, 0.1) is 13.8 Å². The van der Waals surface area contributed by atoms with E-state index in [1.54, 1.807) is 18.9 Å². The Kier molecular flexibility index (Phi) is 6.37. The monoisotopic (exact) mass is 409 g/mol. The summed E-state index contributed by atoms with van der Waals surface area (Å²) in [5, 5.41) is 9.91. The normalized spacial score (nSPS) is 11.7. The second-order valence-electron chi connectivity index (χ2n) is 8.38. The minimum Gasteiger partial charge on any atom is -0.496 e. The summed E-state index contributed by atoms with van der Waals surface area (Å²) in [4.78, 5) is 0. The van der Waals surface area contributed by atoms with Crippen molar-refractivity contribution in [1.82, 2.24) is 14.8 Å². The van der Waals surface area contributed by atoms with E-state index in [-0.39, 0.29) is 5.41 Å². The molecule has 0 atom stereocenters. The number of methoxy groups -OCH3 is 1. The summed E-state index contributed by atoms with van der Waals surface area (Å²) in [6.07, 6.45) is 0. The fourth-order valence-corrected chi connectivity index (χ4v) is 4.70. The molecule has 3 aromatic rings. The summed E-state index contributed by atoms with van der Waals surface area (Å²) < 4.78 is 7.68. The van der Waals surface area contributed by atoms with Crippen molar-refractivity contribution < 1.29 is 4.74 Å². The highest BCUT2D eigenvalue weighted by atomic mass is 32.2. The van der Waals surface area contributed by atoms with Crippen LogP contribution in [0.4, 0.5) is 0 Å². The van der Waals surface area contributed by atoms with Gasteiger partial charge in [-0.05, 0) is 60.6 Å². The van der Waals surface area contributed by atoms with Gasteiger partial charge in [0.2, 0.25) is 0 Å². The van der Waals surface area contributed by atoms with Gasteiger partial charge in [-0.2, -0.15) is 0 Å². The second-order valence-corrected chi connectivity index (χ2v) is 9.32. The average Bonchev–Trinajstić information content (AvgIpc) is 3.09. The molecule has 2 aromatic carbocycles. The number of nitrogens with zero attached hydrogens (tertiary/aromatic N) is 3. The maximum absolute atomic E-state index is 5.52. The molecule has 0 saturated heterocycles. The number of para-hydroxylation sites is 1. The molecular formula is C24H31N3OS. The van der Waals surface area contributed by atoms with Crippen molar-refractivity contribution in [3.63, 3.8) is 0 Å². The predicted octanol–water partition coefficient (Wildman–Crippen LogP) is 6.18. The molecule has 1 heterocycles. The van der Waals surface area contributed by atoms with E-state index in [1.807, 2.05) is 24.3 Å². The van der Waals surface area contributed by atoms with Crippen LogP contribution < -0.4 is 4.74 Å². The van der Waals surface area contributed by atoms with Crippen LogP contribution in [0.25, 0.3) is 11.4 Å². The number of aromatic nitrogens is 3. The standard InChI is InChI=1S/C24H31N3OS/c1-8-27-22(19-11-9-10-12-21(19)28-7)25-26-23(27)29-15-20-16(2)13-18(14-17(20)3)24(4,5)6/h9-14H,8,15H2,1-7H3. The summed E-state index contributed by atoms with van der Waals surface area (Å²) in [6, 6.07) is 12.6. The molecule has 0 bridgehead atoms. The lowest BCUT2D eigenvalue weighted by Crippen LogP contribution is -2.12. The molecule has 154 valence electrons. The Bertz CT molecular complexity index is 979. The van der Waals surface area contributed by atoms with Crippen LogP contribution in [0.1, 0.15) is 49.9 Å². The SMILES string of the molecule is CCn1c(SCc2c(C)cc(C(C)(C)C)cc2C)nnc1-c1ccccc1OC. The van der Waals surface area contributed by atoms with Crippen LogP contribution in [-0.4, -0.2) is 21.9 Å². The van der Waals surface area contributed by atoms with Crippen molar-refractivity contribution in [2.75, 3.05) is 7.11 Å². The van der Waals surface area contributed by atoms with E-state index in [9.17, 15) is 0 Å². The average molecular weight is 410 g/mol. The molecule has 1 aromatic heterocycles. The van der Waals surface area contributed by atoms with Gasteiger partial charge in [0.05, 0.1) is 12.7 Å². The first kappa shape index (κ1) is 21.4. The molecule has 0 amide bonds. The quantitative estimate of drug-likeness (QED) is 0.456. The lowest BCUT2D eigenvalue weighted by atomic mass is 9.84. The lowest BCUT2D eigenvalue weighted by molar-refractivity contribution is 0.416. The van der Waals surface area contributed by atoms with E-state index in [2.05, 4.69) is 68.4 Å². The van der Waals surface area contributed by atoms with Gasteiger partial charge in [-0.15, -0.1) is 10.2 Å². The Balaban J connectivity index is 1.88.